The second-order valence-corrected chi connectivity index (χ2v) is 18.5. The van der Waals surface area contributed by atoms with Crippen LogP contribution in [0.25, 0.3) is 0 Å². The highest BCUT2D eigenvalue weighted by molar-refractivity contribution is 5.71. The maximum Gasteiger partial charge on any atom is 0.306 e. The number of hydrogen-bond acceptors (Lipinski definition) is 6. The normalized spacial score (nSPS) is 12.1. The summed E-state index contributed by atoms with van der Waals surface area (Å²) in [5, 5.41) is 0. The van der Waals surface area contributed by atoms with E-state index < -0.39 is 6.10 Å². The van der Waals surface area contributed by atoms with Gasteiger partial charge in [-0.2, -0.15) is 0 Å². The van der Waals surface area contributed by atoms with E-state index in [4.69, 9.17) is 14.2 Å². The highest BCUT2D eigenvalue weighted by Crippen LogP contribution is 2.16. The first kappa shape index (κ1) is 59.9. The lowest BCUT2D eigenvalue weighted by Gasteiger charge is -2.18. The zero-order chi connectivity index (χ0) is 45.1. The van der Waals surface area contributed by atoms with E-state index in [1.54, 1.807) is 0 Å². The zero-order valence-electron chi connectivity index (χ0n) is 41.7. The van der Waals surface area contributed by atoms with E-state index in [9.17, 15) is 14.4 Å². The van der Waals surface area contributed by atoms with Crippen molar-refractivity contribution >= 4 is 17.9 Å². The van der Waals surface area contributed by atoms with Crippen LogP contribution in [0.5, 0.6) is 0 Å². The topological polar surface area (TPSA) is 78.9 Å². The van der Waals surface area contributed by atoms with E-state index in [1.807, 2.05) is 0 Å². The van der Waals surface area contributed by atoms with Crippen LogP contribution in [0.15, 0.2) is 24.3 Å². The Balaban J connectivity index is 4.36. The zero-order valence-corrected chi connectivity index (χ0v) is 41.7. The van der Waals surface area contributed by atoms with E-state index in [2.05, 4.69) is 45.1 Å². The summed E-state index contributed by atoms with van der Waals surface area (Å²) >= 11 is 0. The summed E-state index contributed by atoms with van der Waals surface area (Å²) in [5.74, 6) is -0.875. The van der Waals surface area contributed by atoms with Crippen LogP contribution in [0, 0.1) is 0 Å². The number of ether oxygens (including phenoxy) is 3. The van der Waals surface area contributed by atoms with Gasteiger partial charge in [0.15, 0.2) is 6.10 Å². The third-order valence-corrected chi connectivity index (χ3v) is 12.2. The maximum atomic E-state index is 12.8. The Bertz CT molecular complexity index is 1000. The summed E-state index contributed by atoms with van der Waals surface area (Å²) in [6, 6.07) is 0. The Morgan fingerprint density at radius 3 is 0.806 bits per heavy atom. The molecule has 1 atom stereocenters. The molecule has 0 rings (SSSR count). The third-order valence-electron chi connectivity index (χ3n) is 12.2. The highest BCUT2D eigenvalue weighted by atomic mass is 16.6. The first-order valence-corrected chi connectivity index (χ1v) is 27.3. The lowest BCUT2D eigenvalue weighted by molar-refractivity contribution is -0.167. The minimum absolute atomic E-state index is 0.0732. The fourth-order valence-electron chi connectivity index (χ4n) is 8.02. The Hall–Kier alpha value is -2.11. The predicted octanol–water partition coefficient (Wildman–Crippen LogP) is 17.9. The first-order chi connectivity index (χ1) is 30.5. The molecular weight excluding hydrogens is 769 g/mol. The fraction of sp³-hybridized carbons (Fsp3) is 0.875. The van der Waals surface area contributed by atoms with E-state index in [1.165, 1.54) is 186 Å². The van der Waals surface area contributed by atoms with Gasteiger partial charge in [-0.05, 0) is 70.6 Å². The van der Waals surface area contributed by atoms with Crippen molar-refractivity contribution in [2.75, 3.05) is 13.2 Å². The largest absolute Gasteiger partial charge is 0.462 e. The quantitative estimate of drug-likeness (QED) is 0.0262. The summed E-state index contributed by atoms with van der Waals surface area (Å²) < 4.78 is 16.8. The molecule has 0 heterocycles. The summed E-state index contributed by atoms with van der Waals surface area (Å²) in [4.78, 5) is 38.0. The molecule has 0 spiro atoms. The lowest BCUT2D eigenvalue weighted by Crippen LogP contribution is -2.30. The van der Waals surface area contributed by atoms with Crippen molar-refractivity contribution in [1.82, 2.24) is 0 Å². The summed E-state index contributed by atoms with van der Waals surface area (Å²) in [6.07, 6.45) is 58.7. The monoisotopic (exact) mass is 873 g/mol. The van der Waals surface area contributed by atoms with Crippen LogP contribution in [-0.4, -0.2) is 37.2 Å². The van der Waals surface area contributed by atoms with Gasteiger partial charge >= 0.3 is 17.9 Å². The van der Waals surface area contributed by atoms with Crippen LogP contribution in [-0.2, 0) is 28.6 Å². The van der Waals surface area contributed by atoms with Crippen molar-refractivity contribution in [2.24, 2.45) is 0 Å². The molecule has 0 saturated heterocycles. The molecule has 6 nitrogen and oxygen atoms in total. The van der Waals surface area contributed by atoms with Crippen LogP contribution in [0.4, 0.5) is 0 Å². The highest BCUT2D eigenvalue weighted by Gasteiger charge is 2.19. The molecule has 0 saturated carbocycles. The van der Waals surface area contributed by atoms with Gasteiger partial charge in [-0.3, -0.25) is 14.4 Å². The molecule has 0 aliphatic rings. The minimum atomic E-state index is -0.774. The Labute approximate surface area is 385 Å². The number of esters is 3. The number of allylic oxidation sites excluding steroid dienone is 4. The van der Waals surface area contributed by atoms with Crippen LogP contribution in [0.3, 0.4) is 0 Å². The Kier molecular flexibility index (Phi) is 49.8. The molecule has 0 aromatic heterocycles. The van der Waals surface area contributed by atoms with Crippen LogP contribution in [0.2, 0.25) is 0 Å². The smallest absolute Gasteiger partial charge is 0.306 e. The molecule has 0 aromatic carbocycles. The van der Waals surface area contributed by atoms with E-state index in [0.717, 1.165) is 70.6 Å². The molecule has 0 aliphatic heterocycles. The molecule has 364 valence electrons. The molecule has 6 heteroatoms. The van der Waals surface area contributed by atoms with E-state index >= 15 is 0 Å². The van der Waals surface area contributed by atoms with Gasteiger partial charge in [0.25, 0.3) is 0 Å². The van der Waals surface area contributed by atoms with Gasteiger partial charge < -0.3 is 14.2 Å². The Morgan fingerprint density at radius 1 is 0.306 bits per heavy atom. The predicted molar refractivity (Wildman–Crippen MR) is 266 cm³/mol. The number of carbonyl (C=O) groups is 3. The number of unbranched alkanes of at least 4 members (excludes halogenated alkanes) is 35. The number of rotatable bonds is 50. The molecule has 0 aromatic rings. The van der Waals surface area contributed by atoms with Gasteiger partial charge in [-0.25, -0.2) is 0 Å². The standard InChI is InChI=1S/C56H104O6/c1-4-7-10-13-16-19-22-25-27-29-31-34-37-40-43-46-49-55(58)61-52-53(51-60-54(57)48-45-42-39-36-33-30-24-21-18-15-12-9-6-3)62-56(59)50-47-44-41-38-35-32-28-26-23-20-17-14-11-8-5-2/h26-29,53H,4-25,30-52H2,1-3H3/b28-26-,29-27-/t53-/m1/s1. The van der Waals surface area contributed by atoms with Gasteiger partial charge in [0.1, 0.15) is 13.2 Å². The number of hydrogen-bond donors (Lipinski definition) is 0. The van der Waals surface area contributed by atoms with E-state index in [0.29, 0.717) is 19.3 Å². The van der Waals surface area contributed by atoms with Crippen molar-refractivity contribution in [2.45, 2.75) is 303 Å². The molecule has 0 radical (unpaired) electrons. The number of carbonyl (C=O) groups excluding carboxylic acids is 3. The molecule has 0 bridgehead atoms. The molecule has 0 aliphatic carbocycles. The van der Waals surface area contributed by atoms with Crippen molar-refractivity contribution in [3.8, 4) is 0 Å². The van der Waals surface area contributed by atoms with Gasteiger partial charge in [0.2, 0.25) is 0 Å². The van der Waals surface area contributed by atoms with Crippen LogP contribution < -0.4 is 0 Å². The maximum absolute atomic E-state index is 12.8. The molecule has 0 amide bonds. The van der Waals surface area contributed by atoms with E-state index in [-0.39, 0.29) is 31.1 Å². The van der Waals surface area contributed by atoms with Crippen molar-refractivity contribution in [3.63, 3.8) is 0 Å². The second kappa shape index (κ2) is 51.5. The van der Waals surface area contributed by atoms with Crippen molar-refractivity contribution in [3.05, 3.63) is 24.3 Å². The lowest BCUT2D eigenvalue weighted by atomic mass is 10.0. The summed E-state index contributed by atoms with van der Waals surface area (Å²) in [5.41, 5.74) is 0. The Morgan fingerprint density at radius 2 is 0.532 bits per heavy atom. The third kappa shape index (κ3) is 48.9. The molecule has 62 heavy (non-hydrogen) atoms. The van der Waals surface area contributed by atoms with Crippen molar-refractivity contribution < 1.29 is 28.6 Å². The average molecular weight is 873 g/mol. The summed E-state index contributed by atoms with van der Waals surface area (Å²) in [7, 11) is 0. The van der Waals surface area contributed by atoms with Crippen LogP contribution >= 0.6 is 0 Å². The van der Waals surface area contributed by atoms with Gasteiger partial charge in [0.05, 0.1) is 0 Å². The van der Waals surface area contributed by atoms with Crippen molar-refractivity contribution in [1.29, 1.82) is 0 Å². The fourth-order valence-corrected chi connectivity index (χ4v) is 8.02. The first-order valence-electron chi connectivity index (χ1n) is 27.3. The summed E-state index contributed by atoms with van der Waals surface area (Å²) in [6.45, 7) is 6.65. The average Bonchev–Trinajstić information content (AvgIpc) is 3.27. The molecular formula is C56H104O6. The molecule has 0 fully saturated rings. The second-order valence-electron chi connectivity index (χ2n) is 18.5. The molecule has 0 N–H and O–H groups in total. The minimum Gasteiger partial charge on any atom is -0.462 e. The van der Waals surface area contributed by atoms with Gasteiger partial charge in [0, 0.05) is 19.3 Å². The van der Waals surface area contributed by atoms with Crippen LogP contribution in [0.1, 0.15) is 297 Å². The van der Waals surface area contributed by atoms with Gasteiger partial charge in [-0.15, -0.1) is 0 Å². The van der Waals surface area contributed by atoms with Gasteiger partial charge in [-0.1, -0.05) is 231 Å². The molecule has 0 unspecified atom stereocenters. The SMILES string of the molecule is CCCCCCCC/C=C\CCCCCCCC(=O)O[C@@H](COC(=O)CCCCCCC/C=C\CCCCCCCCC)COC(=O)CCCCCCCCCCCCCCC.